The maximum absolute atomic E-state index is 14.2. The molecule has 0 radical (unpaired) electrons. The molecule has 8 nitrogen and oxygen atoms in total. The highest BCUT2D eigenvalue weighted by atomic mass is 19.1. The molecule has 1 aliphatic carbocycles. The lowest BCUT2D eigenvalue weighted by Crippen LogP contribution is -2.35. The van der Waals surface area contributed by atoms with E-state index in [0.29, 0.717) is 48.7 Å². The van der Waals surface area contributed by atoms with Crippen molar-refractivity contribution in [3.05, 3.63) is 47.2 Å². The number of nitrogens with two attached hydrogens (primary N) is 1. The van der Waals surface area contributed by atoms with Crippen molar-refractivity contribution in [3.8, 4) is 5.75 Å². The van der Waals surface area contributed by atoms with E-state index in [0.717, 1.165) is 16.5 Å². The fraction of sp³-hybridized carbons (Fsp3) is 0.429. The Morgan fingerprint density at radius 1 is 1.23 bits per heavy atom. The molecule has 3 heterocycles. The summed E-state index contributed by atoms with van der Waals surface area (Å²) in [7, 11) is 0. The Hall–Kier alpha value is -2.75. The number of aliphatic hydroxyl groups excluding tert-OH is 2. The van der Waals surface area contributed by atoms with Gasteiger partial charge in [-0.25, -0.2) is 14.4 Å². The molecular formula is C21H24FN5O3. The van der Waals surface area contributed by atoms with Gasteiger partial charge in [0.25, 0.3) is 0 Å². The topological polar surface area (TPSA) is 118 Å². The highest BCUT2D eigenvalue weighted by molar-refractivity contribution is 5.89. The van der Waals surface area contributed by atoms with E-state index in [4.69, 9.17) is 10.5 Å². The number of hydrogen-bond donors (Lipinski definition) is 4. The molecule has 0 saturated heterocycles. The third-order valence-electron chi connectivity index (χ3n) is 6.25. The monoisotopic (exact) mass is 413 g/mol. The van der Waals surface area contributed by atoms with Crippen LogP contribution in [0.1, 0.15) is 29.2 Å². The third kappa shape index (κ3) is 2.92. The number of nitrogen functional groups attached to an aromatic ring is 1. The Labute approximate surface area is 172 Å². The standard InChI is InChI=1S/C21H24FN5O3/c1-10-8-27(21-17(10)20(23)25-9-26-21)14-6-16(19(29)18(14)28)30-15-3-2-13(22)11-4-5-24-7-12(11)15/h2-3,8-9,14,16,18-19,24,28-29H,4-7H2,1H3,(H2,23,25,26)/t14-,16+,18+,19-/m1/s1. The third-order valence-corrected chi connectivity index (χ3v) is 6.25. The first-order valence-electron chi connectivity index (χ1n) is 10.1. The van der Waals surface area contributed by atoms with E-state index in [9.17, 15) is 14.6 Å². The summed E-state index contributed by atoms with van der Waals surface area (Å²) < 4.78 is 22.1. The van der Waals surface area contributed by atoms with Crippen LogP contribution >= 0.6 is 0 Å². The summed E-state index contributed by atoms with van der Waals surface area (Å²) in [5.74, 6) is 0.674. The van der Waals surface area contributed by atoms with Gasteiger partial charge < -0.3 is 30.6 Å². The van der Waals surface area contributed by atoms with E-state index in [-0.39, 0.29) is 5.82 Å². The zero-order chi connectivity index (χ0) is 21.0. The molecule has 2 aliphatic rings. The number of nitrogens with one attached hydrogen (secondary N) is 1. The summed E-state index contributed by atoms with van der Waals surface area (Å²) in [6.07, 6.45) is 1.43. The molecule has 158 valence electrons. The van der Waals surface area contributed by atoms with Crippen LogP contribution in [0.2, 0.25) is 0 Å². The predicted octanol–water partition coefficient (Wildman–Crippen LogP) is 1.22. The largest absolute Gasteiger partial charge is 0.487 e. The first-order valence-corrected chi connectivity index (χ1v) is 10.1. The van der Waals surface area contributed by atoms with Crippen LogP contribution in [0.4, 0.5) is 10.2 Å². The van der Waals surface area contributed by atoms with Crippen LogP contribution in [-0.4, -0.2) is 49.6 Å². The molecule has 0 unspecified atom stereocenters. The highest BCUT2D eigenvalue weighted by Crippen LogP contribution is 2.38. The number of halogens is 1. The van der Waals surface area contributed by atoms with Gasteiger partial charge in [0, 0.05) is 24.7 Å². The molecule has 1 saturated carbocycles. The average molecular weight is 413 g/mol. The molecule has 3 aromatic rings. The van der Waals surface area contributed by atoms with Crippen molar-refractivity contribution in [2.75, 3.05) is 12.3 Å². The number of nitrogens with zero attached hydrogens (tertiary/aromatic N) is 3. The minimum Gasteiger partial charge on any atom is -0.487 e. The number of ether oxygens (including phenoxy) is 1. The SMILES string of the molecule is Cc1cn([C@@H]2C[C@H](Oc3ccc(F)c4c3CNCC4)[C@@H](O)[C@H]2O)c2ncnc(N)c12. The Balaban J connectivity index is 1.46. The molecule has 0 spiro atoms. The molecular weight excluding hydrogens is 389 g/mol. The molecule has 30 heavy (non-hydrogen) atoms. The number of hydrogen-bond acceptors (Lipinski definition) is 7. The van der Waals surface area contributed by atoms with Crippen molar-refractivity contribution < 1.29 is 19.3 Å². The molecule has 5 N–H and O–H groups in total. The molecule has 1 aromatic carbocycles. The number of aliphatic hydroxyl groups is 2. The maximum atomic E-state index is 14.2. The summed E-state index contributed by atoms with van der Waals surface area (Å²) in [6.45, 7) is 3.13. The number of rotatable bonds is 3. The average Bonchev–Trinajstić information content (AvgIpc) is 3.22. The second-order valence-electron chi connectivity index (χ2n) is 8.05. The number of benzene rings is 1. The van der Waals surface area contributed by atoms with E-state index in [1.165, 1.54) is 12.4 Å². The van der Waals surface area contributed by atoms with Gasteiger partial charge in [-0.05, 0) is 43.1 Å². The van der Waals surface area contributed by atoms with E-state index >= 15 is 0 Å². The van der Waals surface area contributed by atoms with Crippen molar-refractivity contribution >= 4 is 16.9 Å². The number of aromatic nitrogens is 3. The van der Waals surface area contributed by atoms with Crippen LogP contribution < -0.4 is 15.8 Å². The van der Waals surface area contributed by atoms with Crippen LogP contribution in [0.3, 0.4) is 0 Å². The van der Waals surface area contributed by atoms with Crippen LogP contribution in [0.25, 0.3) is 11.0 Å². The van der Waals surface area contributed by atoms with Crippen molar-refractivity contribution in [2.24, 2.45) is 0 Å². The Morgan fingerprint density at radius 3 is 2.90 bits per heavy atom. The maximum Gasteiger partial charge on any atom is 0.146 e. The van der Waals surface area contributed by atoms with Crippen LogP contribution in [0.5, 0.6) is 5.75 Å². The van der Waals surface area contributed by atoms with E-state index in [2.05, 4.69) is 15.3 Å². The van der Waals surface area contributed by atoms with Crippen molar-refractivity contribution in [1.29, 1.82) is 0 Å². The quantitative estimate of drug-likeness (QED) is 0.510. The second-order valence-corrected chi connectivity index (χ2v) is 8.05. The van der Waals surface area contributed by atoms with Gasteiger partial charge in [-0.3, -0.25) is 0 Å². The molecule has 0 bridgehead atoms. The van der Waals surface area contributed by atoms with Gasteiger partial charge in [0.05, 0.1) is 11.4 Å². The van der Waals surface area contributed by atoms with Crippen molar-refractivity contribution in [2.45, 2.75) is 50.7 Å². The van der Waals surface area contributed by atoms with Gasteiger partial charge in [0.2, 0.25) is 0 Å². The fourth-order valence-electron chi connectivity index (χ4n) is 4.72. The van der Waals surface area contributed by atoms with Gasteiger partial charge in [-0.15, -0.1) is 0 Å². The van der Waals surface area contributed by atoms with Crippen LogP contribution in [0.15, 0.2) is 24.7 Å². The number of aryl methyl sites for hydroxylation is 1. The zero-order valence-electron chi connectivity index (χ0n) is 16.5. The van der Waals surface area contributed by atoms with Gasteiger partial charge in [-0.1, -0.05) is 0 Å². The molecule has 0 amide bonds. The minimum absolute atomic E-state index is 0.240. The Kier molecular flexibility index (Phi) is 4.61. The first-order chi connectivity index (χ1) is 14.5. The lowest BCUT2D eigenvalue weighted by Gasteiger charge is -2.24. The van der Waals surface area contributed by atoms with E-state index in [1.807, 2.05) is 17.7 Å². The summed E-state index contributed by atoms with van der Waals surface area (Å²) in [5.41, 5.74) is 8.93. The molecule has 1 fully saturated rings. The lowest BCUT2D eigenvalue weighted by molar-refractivity contribution is -0.0166. The fourth-order valence-corrected chi connectivity index (χ4v) is 4.72. The first kappa shape index (κ1) is 19.2. The Morgan fingerprint density at radius 2 is 2.07 bits per heavy atom. The molecule has 9 heteroatoms. The lowest BCUT2D eigenvalue weighted by atomic mass is 9.99. The van der Waals surface area contributed by atoms with Crippen LogP contribution in [0, 0.1) is 12.7 Å². The predicted molar refractivity (Wildman–Crippen MR) is 109 cm³/mol. The smallest absolute Gasteiger partial charge is 0.146 e. The highest BCUT2D eigenvalue weighted by Gasteiger charge is 2.45. The van der Waals surface area contributed by atoms with Crippen molar-refractivity contribution in [3.63, 3.8) is 0 Å². The zero-order valence-corrected chi connectivity index (χ0v) is 16.5. The van der Waals surface area contributed by atoms with Gasteiger partial charge in [0.15, 0.2) is 0 Å². The summed E-state index contributed by atoms with van der Waals surface area (Å²) in [6, 6.07) is 2.55. The normalized spacial score (nSPS) is 26.1. The Bertz CT molecular complexity index is 1120. The molecule has 1 aliphatic heterocycles. The second kappa shape index (κ2) is 7.19. The summed E-state index contributed by atoms with van der Waals surface area (Å²) in [5, 5.41) is 25.5. The summed E-state index contributed by atoms with van der Waals surface area (Å²) in [4.78, 5) is 8.37. The number of anilines is 1. The number of fused-ring (bicyclic) bond motifs is 2. The molecule has 5 rings (SSSR count). The van der Waals surface area contributed by atoms with Gasteiger partial charge >= 0.3 is 0 Å². The van der Waals surface area contributed by atoms with Crippen molar-refractivity contribution in [1.82, 2.24) is 19.9 Å². The van der Waals surface area contributed by atoms with Crippen LogP contribution in [-0.2, 0) is 13.0 Å². The van der Waals surface area contributed by atoms with Gasteiger partial charge in [-0.2, -0.15) is 0 Å². The van der Waals surface area contributed by atoms with Gasteiger partial charge in [0.1, 0.15) is 47.7 Å². The van der Waals surface area contributed by atoms with E-state index < -0.39 is 24.4 Å². The molecule has 2 aromatic heterocycles. The summed E-state index contributed by atoms with van der Waals surface area (Å²) >= 11 is 0. The molecule has 4 atom stereocenters. The van der Waals surface area contributed by atoms with E-state index in [1.54, 1.807) is 6.07 Å². The minimum atomic E-state index is -1.09.